The van der Waals surface area contributed by atoms with E-state index in [1.165, 1.54) is 11.3 Å². The summed E-state index contributed by atoms with van der Waals surface area (Å²) in [6.45, 7) is 11.7. The van der Waals surface area contributed by atoms with E-state index in [0.29, 0.717) is 28.8 Å². The molecule has 0 aromatic carbocycles. The van der Waals surface area contributed by atoms with Crippen molar-refractivity contribution >= 4 is 40.3 Å². The number of nitrogens with zero attached hydrogens (tertiary/aromatic N) is 2. The third-order valence-corrected chi connectivity index (χ3v) is 22.0. The van der Waals surface area contributed by atoms with Crippen molar-refractivity contribution in [3.05, 3.63) is 0 Å². The number of rotatable bonds is 5. The smallest absolute Gasteiger partial charge is 0.233 e. The fourth-order valence-electron chi connectivity index (χ4n) is 11.5. The van der Waals surface area contributed by atoms with Gasteiger partial charge in [-0.05, 0) is 105 Å². The molecule has 7 fully saturated rings. The summed E-state index contributed by atoms with van der Waals surface area (Å²) in [6, 6.07) is 0.107. The number of likely N-dealkylation sites (tertiary alicyclic amines) is 2. The van der Waals surface area contributed by atoms with E-state index in [-0.39, 0.29) is 65.2 Å². The summed E-state index contributed by atoms with van der Waals surface area (Å²) in [5.74, 6) is 1.69. The van der Waals surface area contributed by atoms with Gasteiger partial charge in [0.15, 0.2) is 16.6 Å². The summed E-state index contributed by atoms with van der Waals surface area (Å²) in [6.07, 6.45) is 8.31. The summed E-state index contributed by atoms with van der Waals surface area (Å²) in [7, 11) is -2.73. The largest absolute Gasteiger partial charge is 0.455 e. The van der Waals surface area contributed by atoms with Crippen LogP contribution in [0.15, 0.2) is 0 Å². The zero-order valence-electron chi connectivity index (χ0n) is 24.5. The number of imide groups is 2. The van der Waals surface area contributed by atoms with Gasteiger partial charge in [0.05, 0.1) is 23.7 Å². The molecular formula is C30H46N2O5Si2. The van der Waals surface area contributed by atoms with E-state index in [9.17, 15) is 19.2 Å². The third-order valence-electron chi connectivity index (χ3n) is 12.9. The molecule has 2 saturated heterocycles. The molecule has 0 spiro atoms. The summed E-state index contributed by atoms with van der Waals surface area (Å²) in [5.41, 5.74) is 0.813. The van der Waals surface area contributed by atoms with Gasteiger partial charge in [0.2, 0.25) is 23.6 Å². The van der Waals surface area contributed by atoms with E-state index in [0.717, 1.165) is 44.9 Å². The second-order valence-electron chi connectivity index (χ2n) is 15.6. The topological polar surface area (TPSA) is 84.0 Å². The minimum absolute atomic E-state index is 0.0315. The summed E-state index contributed by atoms with van der Waals surface area (Å²) in [5, 5.41) is 0. The molecule has 2 heterocycles. The van der Waals surface area contributed by atoms with Crippen molar-refractivity contribution in [1.82, 2.24) is 9.80 Å². The van der Waals surface area contributed by atoms with Crippen LogP contribution in [0.25, 0.3) is 0 Å². The zero-order chi connectivity index (χ0) is 27.8. The Balaban J connectivity index is 1.08. The van der Waals surface area contributed by atoms with Crippen LogP contribution in [-0.2, 0) is 23.3 Å². The number of carbonyl (C=O) groups is 4. The van der Waals surface area contributed by atoms with E-state index in [2.05, 4.69) is 33.1 Å². The quantitative estimate of drug-likeness (QED) is 0.355. The Bertz CT molecular complexity index is 1140. The number of hydrogen-bond donors (Lipinski definition) is 0. The number of carbonyl (C=O) groups excluding carboxylic acids is 4. The van der Waals surface area contributed by atoms with Crippen molar-refractivity contribution in [1.29, 1.82) is 0 Å². The lowest BCUT2D eigenvalue weighted by Crippen LogP contribution is -2.54. The molecule has 4 bridgehead atoms. The molecule has 7 nitrogen and oxygen atoms in total. The average molecular weight is 571 g/mol. The van der Waals surface area contributed by atoms with Crippen LogP contribution in [0.2, 0.25) is 37.3 Å². The molecule has 0 aromatic heterocycles. The molecule has 12 unspecified atom stereocenters. The standard InChI is InChI=1S/C30H46N2O5Si2/c1-15-8-7-9-18(10-15)32-29(35)24-17-12-20(26(24)30(32)36)22(14-17)39(5,6)37-38(3,4)21-13-16-11-19(21)25-23(16)27(33)31(2)28(25)34/h15-26H,7-14H2,1-6H3. The van der Waals surface area contributed by atoms with Gasteiger partial charge in [-0.3, -0.25) is 29.0 Å². The van der Waals surface area contributed by atoms with E-state index in [4.69, 9.17) is 4.12 Å². The van der Waals surface area contributed by atoms with Gasteiger partial charge in [-0.25, -0.2) is 0 Å². The van der Waals surface area contributed by atoms with Gasteiger partial charge in [0, 0.05) is 13.1 Å². The summed E-state index contributed by atoms with van der Waals surface area (Å²) in [4.78, 5) is 56.3. The normalized spacial score (nSPS) is 47.1. The minimum atomic E-state index is -2.20. The Morgan fingerprint density at radius 3 is 1.72 bits per heavy atom. The number of fused-ring (bicyclic) bond motifs is 10. The molecular weight excluding hydrogens is 525 g/mol. The first-order valence-electron chi connectivity index (χ1n) is 15.7. The highest BCUT2D eigenvalue weighted by molar-refractivity contribution is 6.86. The van der Waals surface area contributed by atoms with Crippen molar-refractivity contribution in [2.24, 2.45) is 53.3 Å². The molecule has 4 amide bonds. The fraction of sp³-hybridized carbons (Fsp3) is 0.867. The van der Waals surface area contributed by atoms with Crippen LogP contribution in [0, 0.1) is 53.3 Å². The molecule has 214 valence electrons. The molecule has 12 atom stereocenters. The summed E-state index contributed by atoms with van der Waals surface area (Å²) < 4.78 is 7.36. The molecule has 7 rings (SSSR count). The zero-order valence-corrected chi connectivity index (χ0v) is 26.5. The van der Waals surface area contributed by atoms with E-state index >= 15 is 0 Å². The van der Waals surface area contributed by atoms with E-state index < -0.39 is 16.6 Å². The molecule has 39 heavy (non-hydrogen) atoms. The van der Waals surface area contributed by atoms with Crippen LogP contribution in [0.5, 0.6) is 0 Å². The highest BCUT2D eigenvalue weighted by Crippen LogP contribution is 2.66. The lowest BCUT2D eigenvalue weighted by Gasteiger charge is -2.46. The maximum Gasteiger partial charge on any atom is 0.233 e. The molecule has 5 aliphatic carbocycles. The van der Waals surface area contributed by atoms with Crippen molar-refractivity contribution in [3.8, 4) is 0 Å². The summed E-state index contributed by atoms with van der Waals surface area (Å²) >= 11 is 0. The Morgan fingerprint density at radius 1 is 0.667 bits per heavy atom. The first-order chi connectivity index (χ1) is 18.3. The number of hydrogen-bond acceptors (Lipinski definition) is 5. The highest BCUT2D eigenvalue weighted by atomic mass is 28.4. The van der Waals surface area contributed by atoms with Gasteiger partial charge < -0.3 is 4.12 Å². The van der Waals surface area contributed by atoms with Gasteiger partial charge in [0.25, 0.3) is 0 Å². The van der Waals surface area contributed by atoms with Crippen molar-refractivity contribution < 1.29 is 23.3 Å². The molecule has 5 saturated carbocycles. The second-order valence-corrected chi connectivity index (χ2v) is 24.3. The SMILES string of the molecule is CC1CCCC(N2C(=O)C3C4CC(C3C2=O)C([Si](C)(C)O[Si](C)(C)C2CC3CC2C2C(=O)N(C)C(=O)C32)C4)C1. The molecule has 0 N–H and O–H groups in total. The molecule has 2 aliphatic heterocycles. The monoisotopic (exact) mass is 570 g/mol. The third kappa shape index (κ3) is 3.60. The van der Waals surface area contributed by atoms with Crippen LogP contribution in [0.4, 0.5) is 0 Å². The van der Waals surface area contributed by atoms with Crippen LogP contribution >= 0.6 is 0 Å². The lowest BCUT2D eigenvalue weighted by molar-refractivity contribution is -0.145. The Morgan fingerprint density at radius 2 is 1.15 bits per heavy atom. The van der Waals surface area contributed by atoms with Crippen LogP contribution in [0.3, 0.4) is 0 Å². The fourth-order valence-corrected chi connectivity index (χ4v) is 22.6. The maximum atomic E-state index is 13.9. The maximum absolute atomic E-state index is 13.9. The Kier molecular flexibility index (Phi) is 5.86. The molecule has 9 heteroatoms. The second kappa shape index (κ2) is 8.60. The first-order valence-corrected chi connectivity index (χ1v) is 21.7. The van der Waals surface area contributed by atoms with Gasteiger partial charge >= 0.3 is 0 Å². The van der Waals surface area contributed by atoms with Crippen molar-refractivity contribution in [2.45, 2.75) is 102 Å². The molecule has 0 aromatic rings. The molecule has 0 radical (unpaired) electrons. The average Bonchev–Trinajstić information content (AvgIpc) is 3.68. The predicted molar refractivity (Wildman–Crippen MR) is 151 cm³/mol. The highest BCUT2D eigenvalue weighted by Gasteiger charge is 2.69. The Hall–Kier alpha value is -1.33. The van der Waals surface area contributed by atoms with Gasteiger partial charge in [0.1, 0.15) is 0 Å². The molecule has 7 aliphatic rings. The predicted octanol–water partition coefficient (Wildman–Crippen LogP) is 4.64. The van der Waals surface area contributed by atoms with Gasteiger partial charge in [-0.1, -0.05) is 19.8 Å². The van der Waals surface area contributed by atoms with Crippen LogP contribution in [-0.4, -0.2) is 63.2 Å². The van der Waals surface area contributed by atoms with Crippen molar-refractivity contribution in [2.75, 3.05) is 7.05 Å². The van der Waals surface area contributed by atoms with E-state index in [1.54, 1.807) is 11.9 Å². The first kappa shape index (κ1) is 26.6. The minimum Gasteiger partial charge on any atom is -0.455 e. The Labute approximate surface area is 235 Å². The van der Waals surface area contributed by atoms with E-state index in [1.807, 2.05) is 0 Å². The van der Waals surface area contributed by atoms with Gasteiger partial charge in [-0.15, -0.1) is 0 Å². The van der Waals surface area contributed by atoms with Crippen LogP contribution < -0.4 is 0 Å². The van der Waals surface area contributed by atoms with Crippen LogP contribution in [0.1, 0.15) is 58.3 Å². The van der Waals surface area contributed by atoms with Crippen molar-refractivity contribution in [3.63, 3.8) is 0 Å². The lowest BCUT2D eigenvalue weighted by atomic mass is 9.81. The number of amides is 4. The van der Waals surface area contributed by atoms with Gasteiger partial charge in [-0.2, -0.15) is 0 Å².